The number of benzene rings is 2. The van der Waals surface area contributed by atoms with Gasteiger partial charge in [-0.15, -0.1) is 0 Å². The molecule has 12 heteroatoms. The second-order valence-electron chi connectivity index (χ2n) is 8.44. The number of amides is 3. The molecule has 2 heterocycles. The molecule has 192 valence electrons. The Morgan fingerprint density at radius 2 is 1.97 bits per heavy atom. The number of carbonyl (C=O) groups excluding carboxylic acids is 2. The van der Waals surface area contributed by atoms with Crippen molar-refractivity contribution in [2.45, 2.75) is 24.7 Å². The van der Waals surface area contributed by atoms with E-state index in [1.807, 2.05) is 22.9 Å². The highest BCUT2D eigenvalue weighted by Gasteiger charge is 2.41. The molecule has 0 bridgehead atoms. The minimum Gasteiger partial charge on any atom is -0.481 e. The van der Waals surface area contributed by atoms with E-state index >= 15 is 0 Å². The summed E-state index contributed by atoms with van der Waals surface area (Å²) in [6, 6.07) is 8.12. The van der Waals surface area contributed by atoms with Crippen LogP contribution in [0.5, 0.6) is 5.75 Å². The van der Waals surface area contributed by atoms with Crippen LogP contribution in [0.25, 0.3) is 5.57 Å². The average molecular weight is 617 g/mol. The van der Waals surface area contributed by atoms with Crippen LogP contribution in [-0.2, 0) is 27.0 Å². The van der Waals surface area contributed by atoms with Gasteiger partial charge in [-0.3, -0.25) is 4.79 Å². The van der Waals surface area contributed by atoms with Crippen LogP contribution in [-0.4, -0.2) is 45.0 Å². The fourth-order valence-corrected chi connectivity index (χ4v) is 4.97. The molecule has 0 atom stereocenters. The molecule has 0 aliphatic carbocycles. The van der Waals surface area contributed by atoms with Gasteiger partial charge in [-0.1, -0.05) is 12.1 Å². The minimum atomic E-state index is -4.56. The van der Waals surface area contributed by atoms with Crippen LogP contribution >= 0.6 is 22.9 Å². The fourth-order valence-electron chi connectivity index (χ4n) is 4.35. The summed E-state index contributed by atoms with van der Waals surface area (Å²) in [6.45, 7) is 0.308. The van der Waals surface area contributed by atoms with E-state index in [1.54, 1.807) is 18.2 Å². The van der Waals surface area contributed by atoms with Gasteiger partial charge in [-0.05, 0) is 29.8 Å². The van der Waals surface area contributed by atoms with Crippen molar-refractivity contribution in [3.8, 4) is 5.75 Å². The Hall–Kier alpha value is -2.84. The maximum absolute atomic E-state index is 13.4. The Kier molecular flexibility index (Phi) is 7.48. The van der Waals surface area contributed by atoms with Crippen LogP contribution in [0.1, 0.15) is 23.1 Å². The Morgan fingerprint density at radius 1 is 1.25 bits per heavy atom. The highest BCUT2D eigenvalue weighted by atomic mass is 127. The molecule has 2 aliphatic heterocycles. The van der Waals surface area contributed by atoms with Crippen LogP contribution in [0, 0.1) is 0 Å². The number of ether oxygens (including phenoxy) is 3. The van der Waals surface area contributed by atoms with E-state index in [9.17, 15) is 22.8 Å². The second-order valence-corrected chi connectivity index (χ2v) is 9.40. The van der Waals surface area contributed by atoms with Crippen molar-refractivity contribution >= 4 is 51.8 Å². The van der Waals surface area contributed by atoms with Crippen LogP contribution < -0.4 is 18.5 Å². The Bertz CT molecular complexity index is 1210. The van der Waals surface area contributed by atoms with Crippen molar-refractivity contribution in [1.29, 1.82) is 0 Å². The smallest absolute Gasteiger partial charge is 0.416 e. The van der Waals surface area contributed by atoms with E-state index in [-0.39, 0.29) is 38.0 Å². The standard InChI is InChI=1S/C24H23F3IN3O5/c1-34-12-23(13-35-2)10-14(16-7-6-15(24(25,26)27)9-20(16)36-23)8-21(32)30-18-4-3-5-19-17(18)11-29-22(33)31(19)28/h3-9H,10-13H2,1-2H3,(H,29,33)(H,30,32)/b14-8+. The van der Waals surface area contributed by atoms with Crippen molar-refractivity contribution in [2.24, 2.45) is 0 Å². The largest absolute Gasteiger partial charge is 0.481 e. The molecule has 4 rings (SSSR count). The molecular formula is C24H23F3IN3O5. The number of alkyl halides is 3. The van der Waals surface area contributed by atoms with E-state index in [0.717, 1.165) is 17.7 Å². The first-order valence-corrected chi connectivity index (χ1v) is 11.8. The molecule has 0 saturated carbocycles. The van der Waals surface area contributed by atoms with Crippen LogP contribution in [0.3, 0.4) is 0 Å². The molecule has 2 aromatic rings. The zero-order valence-electron chi connectivity index (χ0n) is 19.4. The summed E-state index contributed by atoms with van der Waals surface area (Å²) in [5.41, 5.74) is 0.762. The van der Waals surface area contributed by atoms with Gasteiger partial charge < -0.3 is 24.8 Å². The van der Waals surface area contributed by atoms with Crippen LogP contribution in [0.2, 0.25) is 0 Å². The highest BCUT2D eigenvalue weighted by molar-refractivity contribution is 14.1. The Balaban J connectivity index is 1.71. The number of anilines is 2. The van der Waals surface area contributed by atoms with Gasteiger partial charge >= 0.3 is 12.2 Å². The lowest BCUT2D eigenvalue weighted by molar-refractivity contribution is -0.138. The number of urea groups is 1. The number of methoxy groups -OCH3 is 2. The van der Waals surface area contributed by atoms with Gasteiger partial charge in [0.05, 0.1) is 47.3 Å². The number of carbonyl (C=O) groups is 2. The molecule has 2 aromatic carbocycles. The minimum absolute atomic E-state index is 0.00965. The number of hydrogen-bond acceptors (Lipinski definition) is 5. The van der Waals surface area contributed by atoms with E-state index in [0.29, 0.717) is 22.5 Å². The molecule has 0 spiro atoms. The van der Waals surface area contributed by atoms with Gasteiger partial charge in [-0.25, -0.2) is 7.91 Å². The Labute approximate surface area is 219 Å². The van der Waals surface area contributed by atoms with Crippen molar-refractivity contribution in [3.05, 3.63) is 59.2 Å². The van der Waals surface area contributed by atoms with Gasteiger partial charge in [0.25, 0.3) is 0 Å². The van der Waals surface area contributed by atoms with E-state index in [2.05, 4.69) is 10.6 Å². The maximum atomic E-state index is 13.4. The quantitative estimate of drug-likeness (QED) is 0.273. The molecule has 0 radical (unpaired) electrons. The summed E-state index contributed by atoms with van der Waals surface area (Å²) in [7, 11) is 2.90. The third-order valence-corrected chi connectivity index (χ3v) is 6.79. The number of halogens is 4. The van der Waals surface area contributed by atoms with Gasteiger partial charge in [0.2, 0.25) is 5.91 Å². The SMILES string of the molecule is COCC1(COC)C/C(=C\C(=O)Nc2cccc3c2CNC(=O)N3I)c2ccc(C(F)(F)F)cc2O1. The lowest BCUT2D eigenvalue weighted by Gasteiger charge is -2.39. The monoisotopic (exact) mass is 617 g/mol. The summed E-state index contributed by atoms with van der Waals surface area (Å²) in [5, 5.41) is 5.56. The number of nitrogens with one attached hydrogen (secondary N) is 2. The molecular weight excluding hydrogens is 594 g/mol. The third-order valence-electron chi connectivity index (χ3n) is 5.83. The molecule has 3 amide bonds. The first kappa shape index (κ1) is 26.2. The van der Waals surface area contributed by atoms with Gasteiger partial charge in [0, 0.05) is 50.1 Å². The number of rotatable bonds is 6. The first-order valence-electron chi connectivity index (χ1n) is 10.8. The zero-order chi connectivity index (χ0) is 26.1. The average Bonchev–Trinajstić information content (AvgIpc) is 2.81. The van der Waals surface area contributed by atoms with E-state index < -0.39 is 23.2 Å². The zero-order valence-corrected chi connectivity index (χ0v) is 21.5. The Morgan fingerprint density at radius 3 is 2.64 bits per heavy atom. The van der Waals surface area contributed by atoms with Crippen molar-refractivity contribution in [3.63, 3.8) is 0 Å². The molecule has 0 unspecified atom stereocenters. The molecule has 2 aliphatic rings. The molecule has 0 aromatic heterocycles. The number of fused-ring (bicyclic) bond motifs is 2. The van der Waals surface area contributed by atoms with Crippen LogP contribution in [0.4, 0.5) is 29.3 Å². The highest BCUT2D eigenvalue weighted by Crippen LogP contribution is 2.44. The van der Waals surface area contributed by atoms with Gasteiger partial charge in [-0.2, -0.15) is 13.2 Å². The van der Waals surface area contributed by atoms with Crippen LogP contribution in [0.15, 0.2) is 42.5 Å². The van der Waals surface area contributed by atoms with Crippen molar-refractivity contribution in [2.75, 3.05) is 35.9 Å². The summed E-state index contributed by atoms with van der Waals surface area (Å²) in [4.78, 5) is 25.0. The molecule has 36 heavy (non-hydrogen) atoms. The molecule has 8 nitrogen and oxygen atoms in total. The lowest BCUT2D eigenvalue weighted by atomic mass is 9.86. The number of nitrogens with zero attached hydrogens (tertiary/aromatic N) is 1. The number of hydrogen-bond donors (Lipinski definition) is 2. The summed E-state index contributed by atoms with van der Waals surface area (Å²) >= 11 is 1.88. The van der Waals surface area contributed by atoms with Gasteiger partial charge in [0.15, 0.2) is 5.60 Å². The molecule has 2 N–H and O–H groups in total. The first-order chi connectivity index (χ1) is 17.1. The fraction of sp³-hybridized carbons (Fsp3) is 0.333. The maximum Gasteiger partial charge on any atom is 0.416 e. The molecule has 0 fully saturated rings. The normalized spacial score (nSPS) is 17.7. The summed E-state index contributed by atoms with van der Waals surface area (Å²) in [6.07, 6.45) is -3.04. The van der Waals surface area contributed by atoms with E-state index in [4.69, 9.17) is 14.2 Å². The topological polar surface area (TPSA) is 89.1 Å². The molecule has 0 saturated heterocycles. The predicted octanol–water partition coefficient (Wildman–Crippen LogP) is 4.92. The van der Waals surface area contributed by atoms with Crippen molar-refractivity contribution in [1.82, 2.24) is 5.32 Å². The summed E-state index contributed by atoms with van der Waals surface area (Å²) in [5.74, 6) is -0.489. The summed E-state index contributed by atoms with van der Waals surface area (Å²) < 4.78 is 58.1. The van der Waals surface area contributed by atoms with E-state index in [1.165, 1.54) is 29.5 Å². The second kappa shape index (κ2) is 10.3. The third kappa shape index (κ3) is 5.30. The lowest BCUT2D eigenvalue weighted by Crippen LogP contribution is -2.47. The van der Waals surface area contributed by atoms with Gasteiger partial charge in [0.1, 0.15) is 5.75 Å². The predicted molar refractivity (Wildman–Crippen MR) is 135 cm³/mol. The van der Waals surface area contributed by atoms with Crippen molar-refractivity contribution < 1.29 is 37.0 Å².